The zero-order valence-electron chi connectivity index (χ0n) is 8.38. The first-order valence-electron chi connectivity index (χ1n) is 4.63. The van der Waals surface area contributed by atoms with Gasteiger partial charge in [0, 0.05) is 4.47 Å². The second-order valence-electron chi connectivity index (χ2n) is 3.06. The van der Waals surface area contributed by atoms with Crippen LogP contribution in [0.3, 0.4) is 0 Å². The lowest BCUT2D eigenvalue weighted by molar-refractivity contribution is 0.344. The molecule has 0 atom stereocenters. The number of benzene rings is 1. The Labute approximate surface area is 105 Å². The van der Waals surface area contributed by atoms with Gasteiger partial charge in [-0.05, 0) is 28.9 Å². The van der Waals surface area contributed by atoms with E-state index >= 15 is 0 Å². The summed E-state index contributed by atoms with van der Waals surface area (Å²) in [6.45, 7) is 2.26. The summed E-state index contributed by atoms with van der Waals surface area (Å²) in [5, 5.41) is 0.755. The second kappa shape index (κ2) is 4.43. The van der Waals surface area contributed by atoms with Gasteiger partial charge in [-0.2, -0.15) is 0 Å². The number of aromatic amines is 1. The fourth-order valence-corrected chi connectivity index (χ4v) is 2.02. The molecular weight excluding hydrogens is 295 g/mol. The van der Waals surface area contributed by atoms with Gasteiger partial charge < -0.3 is 9.72 Å². The van der Waals surface area contributed by atoms with E-state index in [1.165, 1.54) is 6.33 Å². The van der Waals surface area contributed by atoms with E-state index in [2.05, 4.69) is 25.9 Å². The summed E-state index contributed by atoms with van der Waals surface area (Å²) in [7, 11) is 0. The molecule has 4 nitrogen and oxygen atoms in total. The molecule has 0 aliphatic carbocycles. The third-order valence-electron chi connectivity index (χ3n) is 2.07. The second-order valence-corrected chi connectivity index (χ2v) is 4.29. The molecule has 2 aromatic rings. The number of aromatic nitrogens is 2. The van der Waals surface area contributed by atoms with Gasteiger partial charge in [0.25, 0.3) is 5.56 Å². The minimum atomic E-state index is -0.261. The molecule has 84 valence electrons. The first-order chi connectivity index (χ1) is 7.65. The monoisotopic (exact) mass is 302 g/mol. The highest BCUT2D eigenvalue weighted by atomic mass is 79.9. The van der Waals surface area contributed by atoms with Crippen LogP contribution in [0, 0.1) is 0 Å². The Hall–Kier alpha value is -1.07. The number of rotatable bonds is 2. The lowest BCUT2D eigenvalue weighted by Gasteiger charge is -2.09. The summed E-state index contributed by atoms with van der Waals surface area (Å²) in [5.74, 6) is 0.364. The highest BCUT2D eigenvalue weighted by molar-refractivity contribution is 9.10. The van der Waals surface area contributed by atoms with Gasteiger partial charge in [0.2, 0.25) is 0 Å². The molecule has 6 heteroatoms. The van der Waals surface area contributed by atoms with E-state index in [0.29, 0.717) is 32.8 Å². The SMILES string of the molecule is CCOc1c(Cl)c(Br)cc2nc[nH]c(=O)c12. The molecule has 1 N–H and O–H groups in total. The van der Waals surface area contributed by atoms with Gasteiger partial charge >= 0.3 is 0 Å². The van der Waals surface area contributed by atoms with Crippen LogP contribution in [-0.2, 0) is 0 Å². The van der Waals surface area contributed by atoms with Crippen LogP contribution in [0.4, 0.5) is 0 Å². The van der Waals surface area contributed by atoms with Crippen molar-refractivity contribution in [1.82, 2.24) is 9.97 Å². The van der Waals surface area contributed by atoms with Crippen LogP contribution in [0.2, 0.25) is 5.02 Å². The molecular formula is C10H8BrClN2O2. The lowest BCUT2D eigenvalue weighted by Crippen LogP contribution is -2.09. The van der Waals surface area contributed by atoms with Gasteiger partial charge in [0.05, 0.1) is 23.5 Å². The maximum atomic E-state index is 11.7. The quantitative estimate of drug-likeness (QED) is 0.928. The lowest BCUT2D eigenvalue weighted by atomic mass is 10.2. The van der Waals surface area contributed by atoms with E-state index in [0.717, 1.165) is 0 Å². The third-order valence-corrected chi connectivity index (χ3v) is 3.30. The van der Waals surface area contributed by atoms with Gasteiger partial charge in [-0.3, -0.25) is 4.79 Å². The van der Waals surface area contributed by atoms with Crippen molar-refractivity contribution in [2.75, 3.05) is 6.61 Å². The smallest absolute Gasteiger partial charge is 0.262 e. The van der Waals surface area contributed by atoms with Gasteiger partial charge in [0.1, 0.15) is 5.39 Å². The predicted molar refractivity (Wildman–Crippen MR) is 66.2 cm³/mol. The Balaban J connectivity index is 2.91. The van der Waals surface area contributed by atoms with E-state index in [4.69, 9.17) is 16.3 Å². The van der Waals surface area contributed by atoms with E-state index in [9.17, 15) is 4.79 Å². The molecule has 0 spiro atoms. The molecule has 0 bridgehead atoms. The van der Waals surface area contributed by atoms with Crippen LogP contribution in [0.15, 0.2) is 21.7 Å². The van der Waals surface area contributed by atoms with E-state index in [1.807, 2.05) is 6.92 Å². The molecule has 2 rings (SSSR count). The summed E-state index contributed by atoms with van der Waals surface area (Å²) in [5.41, 5.74) is 0.284. The number of fused-ring (bicyclic) bond motifs is 1. The Morgan fingerprint density at radius 2 is 2.38 bits per heavy atom. The minimum Gasteiger partial charge on any atom is -0.491 e. The molecule has 1 aromatic carbocycles. The number of halogens is 2. The zero-order chi connectivity index (χ0) is 11.7. The van der Waals surface area contributed by atoms with E-state index in [1.54, 1.807) is 6.07 Å². The summed E-state index contributed by atoms with van der Waals surface area (Å²) in [6, 6.07) is 1.69. The van der Waals surface area contributed by atoms with Gasteiger partial charge in [-0.1, -0.05) is 11.6 Å². The molecule has 0 amide bonds. The summed E-state index contributed by atoms with van der Waals surface area (Å²) >= 11 is 9.37. The molecule has 0 aliphatic rings. The maximum absolute atomic E-state index is 11.7. The topological polar surface area (TPSA) is 55.0 Å². The van der Waals surface area contributed by atoms with Crippen LogP contribution in [0.1, 0.15) is 6.92 Å². The number of ether oxygens (including phenoxy) is 1. The average molecular weight is 304 g/mol. The summed E-state index contributed by atoms with van der Waals surface area (Å²) in [6.07, 6.45) is 1.35. The molecule has 0 aliphatic heterocycles. The van der Waals surface area contributed by atoms with Crippen molar-refractivity contribution in [3.05, 3.63) is 32.2 Å². The largest absolute Gasteiger partial charge is 0.491 e. The van der Waals surface area contributed by atoms with Crippen molar-refractivity contribution in [3.63, 3.8) is 0 Å². The Morgan fingerprint density at radius 1 is 1.62 bits per heavy atom. The molecule has 0 fully saturated rings. The number of H-pyrrole nitrogens is 1. The van der Waals surface area contributed by atoms with Crippen LogP contribution < -0.4 is 10.3 Å². The zero-order valence-corrected chi connectivity index (χ0v) is 10.7. The molecule has 1 aromatic heterocycles. The van der Waals surface area contributed by atoms with Gasteiger partial charge in [-0.15, -0.1) is 0 Å². The predicted octanol–water partition coefficient (Wildman–Crippen LogP) is 2.74. The molecule has 0 unspecified atom stereocenters. The number of hydrogen-bond acceptors (Lipinski definition) is 3. The van der Waals surface area contributed by atoms with Crippen LogP contribution in [0.5, 0.6) is 5.75 Å². The number of nitrogens with zero attached hydrogens (tertiary/aromatic N) is 1. The third kappa shape index (κ3) is 1.81. The molecule has 0 radical (unpaired) electrons. The molecule has 0 saturated carbocycles. The van der Waals surface area contributed by atoms with Crippen molar-refractivity contribution in [2.24, 2.45) is 0 Å². The highest BCUT2D eigenvalue weighted by Gasteiger charge is 2.14. The van der Waals surface area contributed by atoms with Crippen molar-refractivity contribution < 1.29 is 4.74 Å². The van der Waals surface area contributed by atoms with Gasteiger partial charge in [0.15, 0.2) is 5.75 Å². The normalized spacial score (nSPS) is 10.7. The van der Waals surface area contributed by atoms with Crippen molar-refractivity contribution in [2.45, 2.75) is 6.92 Å². The van der Waals surface area contributed by atoms with Crippen molar-refractivity contribution >= 4 is 38.4 Å². The van der Waals surface area contributed by atoms with Crippen molar-refractivity contribution in [3.8, 4) is 5.75 Å². The van der Waals surface area contributed by atoms with Gasteiger partial charge in [-0.25, -0.2) is 4.98 Å². The van der Waals surface area contributed by atoms with Crippen LogP contribution in [0.25, 0.3) is 10.9 Å². The Bertz CT molecular complexity index is 597. The first-order valence-corrected chi connectivity index (χ1v) is 5.80. The van der Waals surface area contributed by atoms with Crippen molar-refractivity contribution in [1.29, 1.82) is 0 Å². The summed E-state index contributed by atoms with van der Waals surface area (Å²) < 4.78 is 6.05. The highest BCUT2D eigenvalue weighted by Crippen LogP contribution is 2.36. The molecule has 16 heavy (non-hydrogen) atoms. The molecule has 1 heterocycles. The fourth-order valence-electron chi connectivity index (χ4n) is 1.42. The van der Waals surface area contributed by atoms with E-state index < -0.39 is 0 Å². The average Bonchev–Trinajstić information content (AvgIpc) is 2.25. The number of nitrogens with one attached hydrogen (secondary N) is 1. The Morgan fingerprint density at radius 3 is 3.06 bits per heavy atom. The first kappa shape index (κ1) is 11.4. The van der Waals surface area contributed by atoms with Crippen LogP contribution >= 0.6 is 27.5 Å². The maximum Gasteiger partial charge on any atom is 0.262 e. The fraction of sp³-hybridized carbons (Fsp3) is 0.200. The number of hydrogen-bond donors (Lipinski definition) is 1. The van der Waals surface area contributed by atoms with Crippen LogP contribution in [-0.4, -0.2) is 16.6 Å². The summed E-state index contributed by atoms with van der Waals surface area (Å²) in [4.78, 5) is 18.3. The standard InChI is InChI=1S/C10H8BrClN2O2/c1-2-16-9-7-6(3-5(11)8(9)12)13-4-14-10(7)15/h3-4H,2H2,1H3,(H,13,14,15). The van der Waals surface area contributed by atoms with E-state index in [-0.39, 0.29) is 5.56 Å². The minimum absolute atomic E-state index is 0.261. The molecule has 0 saturated heterocycles. The Kier molecular flexibility index (Phi) is 3.16.